The second kappa shape index (κ2) is 8.00. The Kier molecular flexibility index (Phi) is 6.28. The van der Waals surface area contributed by atoms with Gasteiger partial charge in [0.15, 0.2) is 11.5 Å². The monoisotopic (exact) mass is 373 g/mol. The van der Waals surface area contributed by atoms with E-state index in [0.29, 0.717) is 33.1 Å². The van der Waals surface area contributed by atoms with Crippen molar-refractivity contribution in [1.82, 2.24) is 0 Å². The summed E-state index contributed by atoms with van der Waals surface area (Å²) in [6.45, 7) is 4.40. The number of nitrogens with one attached hydrogen (secondary N) is 1. The summed E-state index contributed by atoms with van der Waals surface area (Å²) >= 11 is 18.4. The van der Waals surface area contributed by atoms with Crippen LogP contribution in [0.2, 0.25) is 15.1 Å². The fourth-order valence-corrected chi connectivity index (χ4v) is 2.69. The normalized spacial score (nSPS) is 10.7. The van der Waals surface area contributed by atoms with Crippen LogP contribution in [0.3, 0.4) is 0 Å². The average Bonchev–Trinajstić information content (AvgIpc) is 2.50. The molecular formula is C17H18Cl3NO2. The smallest absolute Gasteiger partial charge is 0.180 e. The Hall–Kier alpha value is -1.29. The van der Waals surface area contributed by atoms with Crippen molar-refractivity contribution in [2.45, 2.75) is 26.5 Å². The van der Waals surface area contributed by atoms with Gasteiger partial charge in [-0.25, -0.2) is 0 Å². The Morgan fingerprint density at radius 1 is 1.04 bits per heavy atom. The predicted octanol–water partition coefficient (Wildman–Crippen LogP) is 6.05. The third kappa shape index (κ3) is 4.84. The fourth-order valence-electron chi connectivity index (χ4n) is 2.06. The summed E-state index contributed by atoms with van der Waals surface area (Å²) in [7, 11) is 1.59. The van der Waals surface area contributed by atoms with Crippen molar-refractivity contribution in [2.24, 2.45) is 0 Å². The van der Waals surface area contributed by atoms with Gasteiger partial charge in [-0.05, 0) is 49.7 Å². The van der Waals surface area contributed by atoms with Crippen LogP contribution < -0.4 is 14.8 Å². The van der Waals surface area contributed by atoms with Crippen LogP contribution in [0.15, 0.2) is 30.3 Å². The molecule has 0 saturated heterocycles. The lowest BCUT2D eigenvalue weighted by Gasteiger charge is -2.17. The highest BCUT2D eigenvalue weighted by atomic mass is 35.5. The molecule has 0 spiro atoms. The molecule has 0 saturated carbocycles. The molecule has 1 N–H and O–H groups in total. The molecule has 0 fully saturated rings. The van der Waals surface area contributed by atoms with Gasteiger partial charge < -0.3 is 14.8 Å². The third-order valence-corrected chi connectivity index (χ3v) is 3.90. The van der Waals surface area contributed by atoms with E-state index in [4.69, 9.17) is 44.3 Å². The Bertz CT molecular complexity index is 690. The lowest BCUT2D eigenvalue weighted by atomic mass is 10.2. The van der Waals surface area contributed by atoms with Crippen molar-refractivity contribution in [1.29, 1.82) is 0 Å². The fraction of sp³-hybridized carbons (Fsp3) is 0.294. The van der Waals surface area contributed by atoms with Crippen molar-refractivity contribution in [3.63, 3.8) is 0 Å². The van der Waals surface area contributed by atoms with Crippen LogP contribution in [-0.2, 0) is 6.54 Å². The summed E-state index contributed by atoms with van der Waals surface area (Å²) in [5, 5.41) is 4.97. The summed E-state index contributed by atoms with van der Waals surface area (Å²) in [5.41, 5.74) is 1.70. The number of ether oxygens (including phenoxy) is 2. The van der Waals surface area contributed by atoms with Crippen LogP contribution >= 0.6 is 34.8 Å². The van der Waals surface area contributed by atoms with E-state index in [2.05, 4.69) is 5.32 Å². The molecule has 0 aromatic heterocycles. The molecule has 23 heavy (non-hydrogen) atoms. The van der Waals surface area contributed by atoms with Gasteiger partial charge in [-0.15, -0.1) is 0 Å². The number of hydrogen-bond donors (Lipinski definition) is 1. The molecule has 0 heterocycles. The Morgan fingerprint density at radius 3 is 2.43 bits per heavy atom. The minimum atomic E-state index is 0.00985. The summed E-state index contributed by atoms with van der Waals surface area (Å²) in [4.78, 5) is 0. The van der Waals surface area contributed by atoms with Gasteiger partial charge in [0.1, 0.15) is 0 Å². The molecule has 0 aliphatic carbocycles. The van der Waals surface area contributed by atoms with Gasteiger partial charge in [0, 0.05) is 11.6 Å². The quantitative estimate of drug-likeness (QED) is 0.667. The Labute approximate surface area is 151 Å². The highest BCUT2D eigenvalue weighted by Crippen LogP contribution is 2.37. The zero-order valence-electron chi connectivity index (χ0n) is 13.1. The standard InChI is InChI=1S/C17H18Cl3NO2/c1-10(2)23-17-14(20)6-11(7-16(17)22-3)9-21-15-8-12(18)4-5-13(15)19/h4-8,10,21H,9H2,1-3H3. The summed E-state index contributed by atoms with van der Waals surface area (Å²) in [6, 6.07) is 8.99. The number of benzene rings is 2. The number of rotatable bonds is 6. The largest absolute Gasteiger partial charge is 0.493 e. The predicted molar refractivity (Wildman–Crippen MR) is 97.6 cm³/mol. The van der Waals surface area contributed by atoms with Crippen LogP contribution in [-0.4, -0.2) is 13.2 Å². The average molecular weight is 375 g/mol. The van der Waals surface area contributed by atoms with E-state index in [-0.39, 0.29) is 6.10 Å². The Balaban J connectivity index is 2.20. The molecule has 2 aromatic carbocycles. The zero-order valence-corrected chi connectivity index (χ0v) is 15.4. The molecule has 0 aliphatic rings. The van der Waals surface area contributed by atoms with Gasteiger partial charge in [-0.2, -0.15) is 0 Å². The first-order valence-corrected chi connectivity index (χ1v) is 8.26. The van der Waals surface area contributed by atoms with Crippen molar-refractivity contribution in [3.05, 3.63) is 51.0 Å². The molecule has 124 valence electrons. The summed E-state index contributed by atoms with van der Waals surface area (Å²) in [5.74, 6) is 1.15. The molecule has 0 atom stereocenters. The summed E-state index contributed by atoms with van der Waals surface area (Å²) < 4.78 is 11.1. The van der Waals surface area contributed by atoms with Gasteiger partial charge >= 0.3 is 0 Å². The van der Waals surface area contributed by atoms with E-state index in [1.165, 1.54) is 0 Å². The van der Waals surface area contributed by atoms with Crippen LogP contribution in [0.4, 0.5) is 5.69 Å². The van der Waals surface area contributed by atoms with Crippen LogP contribution in [0, 0.1) is 0 Å². The second-order valence-electron chi connectivity index (χ2n) is 5.25. The molecular weight excluding hydrogens is 357 g/mol. The van der Waals surface area contributed by atoms with Crippen LogP contribution in [0.25, 0.3) is 0 Å². The second-order valence-corrected chi connectivity index (χ2v) is 6.50. The topological polar surface area (TPSA) is 30.5 Å². The van der Waals surface area contributed by atoms with E-state index < -0.39 is 0 Å². The lowest BCUT2D eigenvalue weighted by Crippen LogP contribution is -2.08. The van der Waals surface area contributed by atoms with Gasteiger partial charge in [-0.3, -0.25) is 0 Å². The third-order valence-electron chi connectivity index (χ3n) is 3.05. The van der Waals surface area contributed by atoms with Gasteiger partial charge in [0.25, 0.3) is 0 Å². The van der Waals surface area contributed by atoms with Gasteiger partial charge in [0.2, 0.25) is 0 Å². The zero-order chi connectivity index (χ0) is 17.0. The van der Waals surface area contributed by atoms with Gasteiger partial charge in [-0.1, -0.05) is 34.8 Å². The highest BCUT2D eigenvalue weighted by molar-refractivity contribution is 6.35. The highest BCUT2D eigenvalue weighted by Gasteiger charge is 2.13. The van der Waals surface area contributed by atoms with Crippen molar-refractivity contribution in [2.75, 3.05) is 12.4 Å². The van der Waals surface area contributed by atoms with E-state index in [0.717, 1.165) is 11.3 Å². The Morgan fingerprint density at radius 2 is 1.78 bits per heavy atom. The number of halogens is 3. The maximum atomic E-state index is 6.32. The maximum absolute atomic E-state index is 6.32. The lowest BCUT2D eigenvalue weighted by molar-refractivity contribution is 0.230. The van der Waals surface area contributed by atoms with Crippen molar-refractivity contribution in [3.8, 4) is 11.5 Å². The van der Waals surface area contributed by atoms with Crippen molar-refractivity contribution >= 4 is 40.5 Å². The number of methoxy groups -OCH3 is 1. The molecule has 3 nitrogen and oxygen atoms in total. The molecule has 0 amide bonds. The molecule has 0 unspecified atom stereocenters. The molecule has 2 aromatic rings. The SMILES string of the molecule is COc1cc(CNc2cc(Cl)ccc2Cl)cc(Cl)c1OC(C)C. The van der Waals surface area contributed by atoms with Crippen LogP contribution in [0.1, 0.15) is 19.4 Å². The van der Waals surface area contributed by atoms with Crippen LogP contribution in [0.5, 0.6) is 11.5 Å². The first-order chi connectivity index (χ1) is 10.9. The minimum absolute atomic E-state index is 0.00985. The maximum Gasteiger partial charge on any atom is 0.180 e. The van der Waals surface area contributed by atoms with E-state index >= 15 is 0 Å². The molecule has 0 bridgehead atoms. The number of anilines is 1. The van der Waals surface area contributed by atoms with E-state index in [1.807, 2.05) is 26.0 Å². The molecule has 0 aliphatic heterocycles. The minimum Gasteiger partial charge on any atom is -0.493 e. The van der Waals surface area contributed by atoms with E-state index in [9.17, 15) is 0 Å². The summed E-state index contributed by atoms with van der Waals surface area (Å²) in [6.07, 6.45) is 0.00985. The first-order valence-electron chi connectivity index (χ1n) is 7.12. The first kappa shape index (κ1) is 18.1. The van der Waals surface area contributed by atoms with Crippen molar-refractivity contribution < 1.29 is 9.47 Å². The van der Waals surface area contributed by atoms with Gasteiger partial charge in [0.05, 0.1) is 28.9 Å². The van der Waals surface area contributed by atoms with E-state index in [1.54, 1.807) is 25.3 Å². The molecule has 6 heteroatoms. The molecule has 2 rings (SSSR count). The number of hydrogen-bond acceptors (Lipinski definition) is 3. The molecule has 0 radical (unpaired) electrons.